The molecule has 0 bridgehead atoms. The summed E-state index contributed by atoms with van der Waals surface area (Å²) in [5.41, 5.74) is 1.08. The molecular formula is C11H16ClN3O2. The molecule has 94 valence electrons. The highest BCUT2D eigenvalue weighted by molar-refractivity contribution is 6.63. The van der Waals surface area contributed by atoms with Crippen LogP contribution in [0.15, 0.2) is 12.4 Å². The third-order valence-corrected chi connectivity index (χ3v) is 2.39. The lowest BCUT2D eigenvalue weighted by Crippen LogP contribution is -2.25. The molecule has 5 nitrogen and oxygen atoms in total. The Hall–Kier alpha value is -1.36. The molecule has 0 radical (unpaired) electrons. The molecule has 0 aromatic carbocycles. The van der Waals surface area contributed by atoms with Crippen LogP contribution < -0.4 is 5.32 Å². The fourth-order valence-electron chi connectivity index (χ4n) is 1.35. The van der Waals surface area contributed by atoms with Crippen molar-refractivity contribution in [2.75, 3.05) is 6.54 Å². The van der Waals surface area contributed by atoms with Crippen molar-refractivity contribution < 1.29 is 9.59 Å². The van der Waals surface area contributed by atoms with Gasteiger partial charge in [-0.2, -0.15) is 5.10 Å². The highest BCUT2D eigenvalue weighted by atomic mass is 35.5. The summed E-state index contributed by atoms with van der Waals surface area (Å²) in [6.45, 7) is 3.00. The Morgan fingerprint density at radius 3 is 2.82 bits per heavy atom. The Morgan fingerprint density at radius 1 is 1.47 bits per heavy atom. The maximum Gasteiger partial charge on any atom is 0.221 e. The van der Waals surface area contributed by atoms with Crippen LogP contribution in [0.1, 0.15) is 24.8 Å². The van der Waals surface area contributed by atoms with Crippen molar-refractivity contribution in [1.82, 2.24) is 15.1 Å². The molecular weight excluding hydrogens is 242 g/mol. The van der Waals surface area contributed by atoms with E-state index in [1.165, 1.54) is 0 Å². The maximum absolute atomic E-state index is 11.4. The van der Waals surface area contributed by atoms with Gasteiger partial charge in [-0.05, 0) is 30.5 Å². The number of halogens is 1. The van der Waals surface area contributed by atoms with Crippen molar-refractivity contribution in [1.29, 1.82) is 0 Å². The normalized spacial score (nSPS) is 10.2. The second-order valence-corrected chi connectivity index (χ2v) is 4.26. The molecule has 0 aliphatic heterocycles. The van der Waals surface area contributed by atoms with Crippen molar-refractivity contribution in [2.24, 2.45) is 0 Å². The second kappa shape index (κ2) is 7.06. The number of amides is 1. The van der Waals surface area contributed by atoms with E-state index in [2.05, 4.69) is 10.4 Å². The van der Waals surface area contributed by atoms with Crippen LogP contribution in [0.3, 0.4) is 0 Å². The summed E-state index contributed by atoms with van der Waals surface area (Å²) in [7, 11) is 0. The van der Waals surface area contributed by atoms with Crippen LogP contribution in [0.2, 0.25) is 0 Å². The van der Waals surface area contributed by atoms with E-state index >= 15 is 0 Å². The SMILES string of the molecule is Cc1cnn(CCC(=O)NCCCC(=O)Cl)c1. The molecule has 1 heterocycles. The second-order valence-electron chi connectivity index (χ2n) is 3.84. The van der Waals surface area contributed by atoms with Gasteiger partial charge in [-0.15, -0.1) is 0 Å². The van der Waals surface area contributed by atoms with Crippen LogP contribution in [-0.4, -0.2) is 27.5 Å². The van der Waals surface area contributed by atoms with E-state index < -0.39 is 0 Å². The standard InChI is InChI=1S/C11H16ClN3O2/c1-9-7-14-15(8-9)6-4-11(17)13-5-2-3-10(12)16/h7-8H,2-6H2,1H3,(H,13,17). The first-order valence-corrected chi connectivity index (χ1v) is 5.90. The predicted molar refractivity (Wildman–Crippen MR) is 64.7 cm³/mol. The molecule has 1 rings (SSSR count). The van der Waals surface area contributed by atoms with Gasteiger partial charge < -0.3 is 5.32 Å². The first-order valence-electron chi connectivity index (χ1n) is 5.52. The van der Waals surface area contributed by atoms with Gasteiger partial charge in [-0.25, -0.2) is 0 Å². The van der Waals surface area contributed by atoms with Crippen LogP contribution in [-0.2, 0) is 16.1 Å². The van der Waals surface area contributed by atoms with Gasteiger partial charge in [0.1, 0.15) is 0 Å². The van der Waals surface area contributed by atoms with Gasteiger partial charge in [0.2, 0.25) is 11.1 Å². The topological polar surface area (TPSA) is 64.0 Å². The van der Waals surface area contributed by atoms with Gasteiger partial charge in [0.15, 0.2) is 0 Å². The van der Waals surface area contributed by atoms with Crippen molar-refractivity contribution >= 4 is 22.8 Å². The zero-order chi connectivity index (χ0) is 12.7. The summed E-state index contributed by atoms with van der Waals surface area (Å²) in [5.74, 6) is -0.0415. The maximum atomic E-state index is 11.4. The van der Waals surface area contributed by atoms with Gasteiger partial charge in [-0.1, -0.05) is 0 Å². The van der Waals surface area contributed by atoms with Crippen LogP contribution in [0, 0.1) is 6.92 Å². The minimum Gasteiger partial charge on any atom is -0.356 e. The van der Waals surface area contributed by atoms with Crippen LogP contribution >= 0.6 is 11.6 Å². The number of carbonyl (C=O) groups is 2. The third-order valence-electron chi connectivity index (χ3n) is 2.20. The molecule has 6 heteroatoms. The number of rotatable bonds is 7. The largest absolute Gasteiger partial charge is 0.356 e. The van der Waals surface area contributed by atoms with Gasteiger partial charge in [-0.3, -0.25) is 14.3 Å². The molecule has 0 saturated carbocycles. The first kappa shape index (κ1) is 13.7. The van der Waals surface area contributed by atoms with E-state index in [0.717, 1.165) is 5.56 Å². The molecule has 1 amide bonds. The van der Waals surface area contributed by atoms with Crippen LogP contribution in [0.4, 0.5) is 0 Å². The zero-order valence-electron chi connectivity index (χ0n) is 9.78. The number of aryl methyl sites for hydroxylation is 2. The molecule has 1 N–H and O–H groups in total. The van der Waals surface area contributed by atoms with E-state index in [-0.39, 0.29) is 11.1 Å². The Bertz CT molecular complexity index is 390. The van der Waals surface area contributed by atoms with Crippen LogP contribution in [0.25, 0.3) is 0 Å². The molecule has 0 unspecified atom stereocenters. The fraction of sp³-hybridized carbons (Fsp3) is 0.545. The molecule has 0 atom stereocenters. The van der Waals surface area contributed by atoms with E-state index in [4.69, 9.17) is 11.6 Å². The fourth-order valence-corrected chi connectivity index (χ4v) is 1.48. The molecule has 1 aromatic rings. The predicted octanol–water partition coefficient (Wildman–Crippen LogP) is 1.24. The Kier molecular flexibility index (Phi) is 5.69. The van der Waals surface area contributed by atoms with E-state index in [1.54, 1.807) is 10.9 Å². The van der Waals surface area contributed by atoms with E-state index in [1.807, 2.05) is 13.1 Å². The minimum atomic E-state index is -0.369. The lowest BCUT2D eigenvalue weighted by Gasteiger charge is -2.04. The number of nitrogens with zero attached hydrogens (tertiary/aromatic N) is 2. The average Bonchev–Trinajstić information content (AvgIpc) is 2.67. The van der Waals surface area contributed by atoms with Gasteiger partial charge >= 0.3 is 0 Å². The molecule has 17 heavy (non-hydrogen) atoms. The number of nitrogens with one attached hydrogen (secondary N) is 1. The Labute approximate surface area is 105 Å². The number of hydrogen-bond acceptors (Lipinski definition) is 3. The molecule has 0 aliphatic carbocycles. The summed E-state index contributed by atoms with van der Waals surface area (Å²) in [4.78, 5) is 21.8. The highest BCUT2D eigenvalue weighted by Crippen LogP contribution is 1.96. The Balaban J connectivity index is 2.11. The molecule has 0 fully saturated rings. The Morgan fingerprint density at radius 2 is 2.24 bits per heavy atom. The van der Waals surface area contributed by atoms with Crippen molar-refractivity contribution in [3.8, 4) is 0 Å². The monoisotopic (exact) mass is 257 g/mol. The van der Waals surface area contributed by atoms with Crippen LogP contribution in [0.5, 0.6) is 0 Å². The zero-order valence-corrected chi connectivity index (χ0v) is 10.5. The number of aromatic nitrogens is 2. The van der Waals surface area contributed by atoms with Gasteiger partial charge in [0.05, 0.1) is 6.20 Å². The summed E-state index contributed by atoms with van der Waals surface area (Å²) < 4.78 is 1.73. The molecule has 1 aromatic heterocycles. The van der Waals surface area contributed by atoms with E-state index in [0.29, 0.717) is 32.4 Å². The highest BCUT2D eigenvalue weighted by Gasteiger charge is 2.02. The smallest absolute Gasteiger partial charge is 0.221 e. The lowest BCUT2D eigenvalue weighted by atomic mass is 10.3. The summed E-state index contributed by atoms with van der Waals surface area (Å²) >= 11 is 5.17. The summed E-state index contributed by atoms with van der Waals surface area (Å²) in [6.07, 6.45) is 4.90. The number of carbonyl (C=O) groups excluding carboxylic acids is 2. The quantitative estimate of drug-likeness (QED) is 0.591. The molecule has 0 spiro atoms. The van der Waals surface area contributed by atoms with Gasteiger partial charge in [0, 0.05) is 32.1 Å². The van der Waals surface area contributed by atoms with Crippen molar-refractivity contribution in [2.45, 2.75) is 32.7 Å². The van der Waals surface area contributed by atoms with Gasteiger partial charge in [0.25, 0.3) is 0 Å². The number of hydrogen-bond donors (Lipinski definition) is 1. The molecule has 0 aliphatic rings. The molecule has 0 saturated heterocycles. The third kappa shape index (κ3) is 6.06. The average molecular weight is 258 g/mol. The minimum absolute atomic E-state index is 0.0415. The summed E-state index contributed by atoms with van der Waals surface area (Å²) in [5, 5.41) is 6.44. The van der Waals surface area contributed by atoms with E-state index in [9.17, 15) is 9.59 Å². The van der Waals surface area contributed by atoms with Crippen molar-refractivity contribution in [3.05, 3.63) is 18.0 Å². The van der Waals surface area contributed by atoms with Crippen molar-refractivity contribution in [3.63, 3.8) is 0 Å². The summed E-state index contributed by atoms with van der Waals surface area (Å²) in [6, 6.07) is 0. The lowest BCUT2D eigenvalue weighted by molar-refractivity contribution is -0.121. The first-order chi connectivity index (χ1) is 8.08.